The van der Waals surface area contributed by atoms with Gasteiger partial charge in [0.2, 0.25) is 0 Å². The molecule has 2 fully saturated rings. The Morgan fingerprint density at radius 2 is 1.06 bits per heavy atom. The van der Waals surface area contributed by atoms with Crippen molar-refractivity contribution in [3.8, 4) is 11.5 Å². The molecule has 4 heteroatoms. The summed E-state index contributed by atoms with van der Waals surface area (Å²) in [6.45, 7) is 12.2. The minimum Gasteiger partial charge on any atom is -0.493 e. The fourth-order valence-corrected chi connectivity index (χ4v) is 4.48. The van der Waals surface area contributed by atoms with E-state index in [-0.39, 0.29) is 0 Å². The fraction of sp³-hybridized carbons (Fsp3) is 0.586. The molecule has 180 valence electrons. The molecule has 0 N–H and O–H groups in total. The molecule has 2 aromatic rings. The van der Waals surface area contributed by atoms with E-state index in [0.29, 0.717) is 12.2 Å². The zero-order valence-corrected chi connectivity index (χ0v) is 20.9. The molecule has 2 aromatic carbocycles. The highest BCUT2D eigenvalue weighted by Gasteiger charge is 2.22. The van der Waals surface area contributed by atoms with Gasteiger partial charge in [-0.1, -0.05) is 12.1 Å². The molecule has 0 aromatic heterocycles. The zero-order chi connectivity index (χ0) is 23.2. The zero-order valence-electron chi connectivity index (χ0n) is 20.9. The monoisotopic (exact) mass is 452 g/mol. The molecule has 0 aliphatic carbocycles. The van der Waals surface area contributed by atoms with Gasteiger partial charge in [0.1, 0.15) is 11.5 Å². The van der Waals surface area contributed by atoms with Crippen molar-refractivity contribution in [3.05, 3.63) is 57.6 Å². The largest absolute Gasteiger partial charge is 0.493 e. The maximum Gasteiger partial charge on any atom is 0.122 e. The van der Waals surface area contributed by atoms with Gasteiger partial charge in [-0.05, 0) is 118 Å². The molecule has 0 amide bonds. The van der Waals surface area contributed by atoms with Crippen LogP contribution >= 0.6 is 0 Å². The van der Waals surface area contributed by atoms with Gasteiger partial charge < -0.3 is 18.9 Å². The standard InChI is InChI=1S/C29H40O4/c1-20-22(3)28(30-16-6-10-26-18-32-26)14-12-24(20)8-5-9-25-13-15-29(23(4)21(25)2)31-17-7-11-27-19-33-27/h12-15,26-27H,5-11,16-19H2,1-4H3. The molecule has 2 saturated heterocycles. The molecule has 2 unspecified atom stereocenters. The Morgan fingerprint density at radius 3 is 1.45 bits per heavy atom. The van der Waals surface area contributed by atoms with E-state index >= 15 is 0 Å². The highest BCUT2D eigenvalue weighted by atomic mass is 16.6. The average Bonchev–Trinajstić information content (AvgIpc) is 3.72. The van der Waals surface area contributed by atoms with E-state index in [1.54, 1.807) is 0 Å². The second kappa shape index (κ2) is 11.4. The van der Waals surface area contributed by atoms with E-state index in [1.165, 1.54) is 33.4 Å². The van der Waals surface area contributed by atoms with Crippen LogP contribution in [-0.4, -0.2) is 38.6 Å². The van der Waals surface area contributed by atoms with Crippen molar-refractivity contribution in [3.63, 3.8) is 0 Å². The van der Waals surface area contributed by atoms with Gasteiger partial charge in [-0.25, -0.2) is 0 Å². The summed E-state index contributed by atoms with van der Waals surface area (Å²) in [5.74, 6) is 2.05. The molecule has 0 saturated carbocycles. The second-order valence-electron chi connectivity index (χ2n) is 9.69. The highest BCUT2D eigenvalue weighted by molar-refractivity contribution is 5.45. The van der Waals surface area contributed by atoms with Crippen LogP contribution in [0.25, 0.3) is 0 Å². The van der Waals surface area contributed by atoms with Gasteiger partial charge in [0.15, 0.2) is 0 Å². The van der Waals surface area contributed by atoms with Gasteiger partial charge in [-0.2, -0.15) is 0 Å². The minimum atomic E-state index is 0.488. The summed E-state index contributed by atoms with van der Waals surface area (Å²) in [4.78, 5) is 0. The summed E-state index contributed by atoms with van der Waals surface area (Å²) in [5, 5.41) is 0. The first kappa shape index (κ1) is 24.1. The number of benzene rings is 2. The van der Waals surface area contributed by atoms with E-state index in [0.717, 1.165) is 82.9 Å². The normalized spacial score (nSPS) is 18.9. The van der Waals surface area contributed by atoms with Crippen LogP contribution in [0.4, 0.5) is 0 Å². The van der Waals surface area contributed by atoms with E-state index in [4.69, 9.17) is 18.9 Å². The van der Waals surface area contributed by atoms with Crippen molar-refractivity contribution < 1.29 is 18.9 Å². The number of hydrogen-bond donors (Lipinski definition) is 0. The Hall–Kier alpha value is -2.04. The van der Waals surface area contributed by atoms with Gasteiger partial charge >= 0.3 is 0 Å². The predicted molar refractivity (Wildman–Crippen MR) is 133 cm³/mol. The van der Waals surface area contributed by atoms with E-state index < -0.39 is 0 Å². The highest BCUT2D eigenvalue weighted by Crippen LogP contribution is 2.28. The molecule has 0 radical (unpaired) electrons. The summed E-state index contributed by atoms with van der Waals surface area (Å²) in [7, 11) is 0. The Balaban J connectivity index is 1.24. The van der Waals surface area contributed by atoms with Gasteiger partial charge in [-0.3, -0.25) is 0 Å². The third-order valence-corrected chi connectivity index (χ3v) is 7.25. The third kappa shape index (κ3) is 6.97. The van der Waals surface area contributed by atoms with E-state index in [1.807, 2.05) is 0 Å². The van der Waals surface area contributed by atoms with Crippen molar-refractivity contribution in [1.29, 1.82) is 0 Å². The van der Waals surface area contributed by atoms with E-state index in [2.05, 4.69) is 52.0 Å². The van der Waals surface area contributed by atoms with Crippen molar-refractivity contribution in [2.45, 2.75) is 84.8 Å². The van der Waals surface area contributed by atoms with Crippen molar-refractivity contribution in [2.75, 3.05) is 26.4 Å². The van der Waals surface area contributed by atoms with Gasteiger partial charge in [0, 0.05) is 0 Å². The molecular formula is C29H40O4. The van der Waals surface area contributed by atoms with Gasteiger partial charge in [0.25, 0.3) is 0 Å². The molecule has 2 atom stereocenters. The summed E-state index contributed by atoms with van der Waals surface area (Å²) in [6.07, 6.45) is 8.63. The second-order valence-corrected chi connectivity index (χ2v) is 9.69. The Kier molecular flexibility index (Phi) is 8.32. The number of aryl methyl sites for hydroxylation is 2. The number of ether oxygens (including phenoxy) is 4. The number of epoxide rings is 2. The molecule has 2 aliphatic heterocycles. The van der Waals surface area contributed by atoms with Crippen LogP contribution < -0.4 is 9.47 Å². The van der Waals surface area contributed by atoms with Crippen LogP contribution in [0.3, 0.4) is 0 Å². The van der Waals surface area contributed by atoms with Crippen LogP contribution in [0.1, 0.15) is 65.5 Å². The van der Waals surface area contributed by atoms with Crippen LogP contribution in [0.5, 0.6) is 11.5 Å². The van der Waals surface area contributed by atoms with Crippen LogP contribution in [0.15, 0.2) is 24.3 Å². The smallest absolute Gasteiger partial charge is 0.122 e. The molecule has 2 aliphatic rings. The Morgan fingerprint density at radius 1 is 0.636 bits per heavy atom. The van der Waals surface area contributed by atoms with Crippen molar-refractivity contribution in [2.24, 2.45) is 0 Å². The Bertz CT molecular complexity index is 852. The average molecular weight is 453 g/mol. The predicted octanol–water partition coefficient (Wildman–Crippen LogP) is 6.21. The molecule has 33 heavy (non-hydrogen) atoms. The fourth-order valence-electron chi connectivity index (χ4n) is 4.48. The van der Waals surface area contributed by atoms with E-state index in [9.17, 15) is 0 Å². The van der Waals surface area contributed by atoms with Gasteiger partial charge in [0.05, 0.1) is 38.6 Å². The van der Waals surface area contributed by atoms with Crippen LogP contribution in [-0.2, 0) is 22.3 Å². The first-order chi connectivity index (χ1) is 16.0. The third-order valence-electron chi connectivity index (χ3n) is 7.25. The lowest BCUT2D eigenvalue weighted by atomic mass is 9.94. The summed E-state index contributed by atoms with van der Waals surface area (Å²) in [6, 6.07) is 8.82. The van der Waals surface area contributed by atoms with Crippen molar-refractivity contribution >= 4 is 0 Å². The molecule has 4 nitrogen and oxygen atoms in total. The summed E-state index contributed by atoms with van der Waals surface area (Å²) >= 11 is 0. The van der Waals surface area contributed by atoms with Crippen molar-refractivity contribution in [1.82, 2.24) is 0 Å². The van der Waals surface area contributed by atoms with Crippen LogP contribution in [0.2, 0.25) is 0 Å². The molecule has 2 heterocycles. The molecule has 0 bridgehead atoms. The number of hydrogen-bond acceptors (Lipinski definition) is 4. The summed E-state index contributed by atoms with van der Waals surface area (Å²) in [5.41, 5.74) is 8.15. The van der Waals surface area contributed by atoms with Crippen LogP contribution in [0, 0.1) is 27.7 Å². The first-order valence-electron chi connectivity index (χ1n) is 12.7. The summed E-state index contributed by atoms with van der Waals surface area (Å²) < 4.78 is 22.6. The SMILES string of the molecule is Cc1c(CCCc2ccc(OCCCC3CO3)c(C)c2C)ccc(OCCCC2CO2)c1C. The minimum absolute atomic E-state index is 0.488. The number of rotatable bonds is 14. The lowest BCUT2D eigenvalue weighted by molar-refractivity contribution is 0.292. The first-order valence-corrected chi connectivity index (χ1v) is 12.7. The maximum absolute atomic E-state index is 6.04. The van der Waals surface area contributed by atoms with Gasteiger partial charge in [-0.15, -0.1) is 0 Å². The molecule has 0 spiro atoms. The lowest BCUT2D eigenvalue weighted by Gasteiger charge is -2.16. The topological polar surface area (TPSA) is 43.5 Å². The quantitative estimate of drug-likeness (QED) is 0.252. The lowest BCUT2D eigenvalue weighted by Crippen LogP contribution is -2.04. The molecule has 4 rings (SSSR count). The Labute approximate surface area is 199 Å². The molecular weight excluding hydrogens is 412 g/mol. The maximum atomic E-state index is 6.04.